The monoisotopic (exact) mass is 267 g/mol. The molecule has 3 N–H and O–H groups in total. The molecule has 0 bridgehead atoms. The maximum absolute atomic E-state index is 11.8. The molecule has 0 aromatic carbocycles. The van der Waals surface area contributed by atoms with Gasteiger partial charge in [0.15, 0.2) is 0 Å². The lowest BCUT2D eigenvalue weighted by atomic mass is 9.86. The molecule has 4 amide bonds. The van der Waals surface area contributed by atoms with Crippen LogP contribution in [0.5, 0.6) is 0 Å². The van der Waals surface area contributed by atoms with Crippen LogP contribution in [0.15, 0.2) is 0 Å². The smallest absolute Gasteiger partial charge is 0.322 e. The maximum Gasteiger partial charge on any atom is 0.322 e. The molecule has 0 radical (unpaired) electrons. The van der Waals surface area contributed by atoms with Gasteiger partial charge in [0.25, 0.3) is 5.91 Å². The van der Waals surface area contributed by atoms with Crippen LogP contribution < -0.4 is 16.0 Å². The number of imide groups is 1. The van der Waals surface area contributed by atoms with Gasteiger partial charge in [-0.25, -0.2) is 4.79 Å². The van der Waals surface area contributed by atoms with Crippen molar-refractivity contribution in [2.75, 3.05) is 0 Å². The zero-order valence-electron chi connectivity index (χ0n) is 11.2. The van der Waals surface area contributed by atoms with Crippen molar-refractivity contribution in [2.24, 2.45) is 5.92 Å². The Morgan fingerprint density at radius 3 is 2.68 bits per heavy atom. The molecular formula is C13H21N3O3. The van der Waals surface area contributed by atoms with Gasteiger partial charge in [-0.1, -0.05) is 19.8 Å². The van der Waals surface area contributed by atoms with Crippen LogP contribution in [0.1, 0.15) is 45.4 Å². The Bertz CT molecular complexity index is 383. The average molecular weight is 267 g/mol. The van der Waals surface area contributed by atoms with Crippen LogP contribution in [0, 0.1) is 5.92 Å². The van der Waals surface area contributed by atoms with Gasteiger partial charge in [-0.3, -0.25) is 14.9 Å². The van der Waals surface area contributed by atoms with Crippen molar-refractivity contribution in [1.82, 2.24) is 16.0 Å². The summed E-state index contributed by atoms with van der Waals surface area (Å²) in [5.41, 5.74) is 0. The number of rotatable bonds is 4. The molecule has 1 saturated heterocycles. The molecule has 2 rings (SSSR count). The van der Waals surface area contributed by atoms with Gasteiger partial charge >= 0.3 is 6.03 Å². The van der Waals surface area contributed by atoms with E-state index in [1.54, 1.807) is 0 Å². The standard InChI is InChI=1S/C13H21N3O3/c1-8-4-2-3-5-9(8)14-11(17)7-6-10-12(18)16-13(19)15-10/h8-10H,2-7H2,1H3,(H,14,17)(H2,15,16,18,19)/t8-,9+,10+/m0/s1. The molecule has 0 spiro atoms. The summed E-state index contributed by atoms with van der Waals surface area (Å²) in [6.07, 6.45) is 5.21. The predicted octanol–water partition coefficient (Wildman–Crippen LogP) is 0.670. The first-order chi connectivity index (χ1) is 9.06. The van der Waals surface area contributed by atoms with Crippen LogP contribution in [-0.4, -0.2) is 29.9 Å². The molecule has 2 aliphatic rings. The quantitative estimate of drug-likeness (QED) is 0.654. The minimum Gasteiger partial charge on any atom is -0.353 e. The number of carbonyl (C=O) groups is 3. The molecule has 106 valence electrons. The molecule has 3 atom stereocenters. The molecule has 1 aliphatic heterocycles. The van der Waals surface area contributed by atoms with E-state index in [1.807, 2.05) is 0 Å². The first-order valence-corrected chi connectivity index (χ1v) is 6.97. The highest BCUT2D eigenvalue weighted by Crippen LogP contribution is 2.23. The van der Waals surface area contributed by atoms with Crippen molar-refractivity contribution in [3.8, 4) is 0 Å². The van der Waals surface area contributed by atoms with E-state index in [-0.39, 0.29) is 24.3 Å². The van der Waals surface area contributed by atoms with Crippen molar-refractivity contribution in [1.29, 1.82) is 0 Å². The number of amides is 4. The molecule has 0 unspecified atom stereocenters. The topological polar surface area (TPSA) is 87.3 Å². The van der Waals surface area contributed by atoms with Crippen LogP contribution in [0.3, 0.4) is 0 Å². The van der Waals surface area contributed by atoms with Gasteiger partial charge in [-0.05, 0) is 25.2 Å². The molecule has 0 aromatic heterocycles. The van der Waals surface area contributed by atoms with Crippen LogP contribution in [0.2, 0.25) is 0 Å². The molecule has 1 saturated carbocycles. The number of hydrogen-bond donors (Lipinski definition) is 3. The molecule has 1 aliphatic carbocycles. The van der Waals surface area contributed by atoms with Gasteiger partial charge in [-0.15, -0.1) is 0 Å². The summed E-state index contributed by atoms with van der Waals surface area (Å²) in [5, 5.41) is 7.69. The largest absolute Gasteiger partial charge is 0.353 e. The summed E-state index contributed by atoms with van der Waals surface area (Å²) in [5.74, 6) is 0.142. The normalized spacial score (nSPS) is 30.7. The second kappa shape index (κ2) is 6.04. The Morgan fingerprint density at radius 2 is 2.05 bits per heavy atom. The molecule has 0 aromatic rings. The zero-order valence-corrected chi connectivity index (χ0v) is 11.2. The molecule has 6 heteroatoms. The molecule has 6 nitrogen and oxygen atoms in total. The maximum atomic E-state index is 11.8. The number of carbonyl (C=O) groups excluding carboxylic acids is 3. The van der Waals surface area contributed by atoms with Gasteiger partial charge in [0.2, 0.25) is 5.91 Å². The fraction of sp³-hybridized carbons (Fsp3) is 0.769. The van der Waals surface area contributed by atoms with Crippen LogP contribution in [0.25, 0.3) is 0 Å². The van der Waals surface area contributed by atoms with Gasteiger partial charge in [0, 0.05) is 12.5 Å². The van der Waals surface area contributed by atoms with Crippen molar-refractivity contribution in [3.63, 3.8) is 0 Å². The lowest BCUT2D eigenvalue weighted by molar-refractivity contribution is -0.123. The van der Waals surface area contributed by atoms with Gasteiger partial charge in [0.05, 0.1) is 0 Å². The summed E-state index contributed by atoms with van der Waals surface area (Å²) < 4.78 is 0. The Balaban J connectivity index is 1.72. The van der Waals surface area contributed by atoms with Crippen LogP contribution in [-0.2, 0) is 9.59 Å². The van der Waals surface area contributed by atoms with E-state index < -0.39 is 12.1 Å². The Kier molecular flexibility index (Phi) is 4.39. The third-order valence-corrected chi connectivity index (χ3v) is 3.98. The third kappa shape index (κ3) is 3.68. The highest BCUT2D eigenvalue weighted by molar-refractivity contribution is 6.04. The number of urea groups is 1. The molecular weight excluding hydrogens is 246 g/mol. The van der Waals surface area contributed by atoms with Crippen LogP contribution >= 0.6 is 0 Å². The van der Waals surface area contributed by atoms with E-state index in [0.29, 0.717) is 12.3 Å². The third-order valence-electron chi connectivity index (χ3n) is 3.98. The first-order valence-electron chi connectivity index (χ1n) is 6.97. The van der Waals surface area contributed by atoms with Gasteiger partial charge in [0.1, 0.15) is 6.04 Å². The van der Waals surface area contributed by atoms with E-state index in [9.17, 15) is 14.4 Å². The second-order valence-corrected chi connectivity index (χ2v) is 5.49. The fourth-order valence-corrected chi connectivity index (χ4v) is 2.75. The minimum absolute atomic E-state index is 0.0345. The minimum atomic E-state index is -0.568. The van der Waals surface area contributed by atoms with Crippen molar-refractivity contribution < 1.29 is 14.4 Å². The average Bonchev–Trinajstić information content (AvgIpc) is 2.68. The van der Waals surface area contributed by atoms with Crippen molar-refractivity contribution in [2.45, 2.75) is 57.5 Å². The van der Waals surface area contributed by atoms with Crippen molar-refractivity contribution >= 4 is 17.8 Å². The second-order valence-electron chi connectivity index (χ2n) is 5.49. The molecule has 2 fully saturated rings. The fourth-order valence-electron chi connectivity index (χ4n) is 2.75. The van der Waals surface area contributed by atoms with Gasteiger partial charge in [-0.2, -0.15) is 0 Å². The van der Waals surface area contributed by atoms with E-state index in [0.717, 1.165) is 19.3 Å². The molecule has 1 heterocycles. The lowest BCUT2D eigenvalue weighted by Gasteiger charge is -2.29. The number of hydrogen-bond acceptors (Lipinski definition) is 3. The highest BCUT2D eigenvalue weighted by Gasteiger charge is 2.30. The van der Waals surface area contributed by atoms with Crippen LogP contribution in [0.4, 0.5) is 4.79 Å². The first kappa shape index (κ1) is 13.8. The van der Waals surface area contributed by atoms with E-state index in [4.69, 9.17) is 0 Å². The molecule has 19 heavy (non-hydrogen) atoms. The predicted molar refractivity (Wildman–Crippen MR) is 69.3 cm³/mol. The van der Waals surface area contributed by atoms with E-state index >= 15 is 0 Å². The lowest BCUT2D eigenvalue weighted by Crippen LogP contribution is -2.41. The Morgan fingerprint density at radius 1 is 1.32 bits per heavy atom. The SMILES string of the molecule is C[C@H]1CCCC[C@H]1NC(=O)CC[C@H]1NC(=O)NC1=O. The summed E-state index contributed by atoms with van der Waals surface area (Å²) >= 11 is 0. The summed E-state index contributed by atoms with van der Waals surface area (Å²) in [6.45, 7) is 2.16. The summed E-state index contributed by atoms with van der Waals surface area (Å²) in [6, 6.07) is -0.786. The Hall–Kier alpha value is -1.59. The highest BCUT2D eigenvalue weighted by atomic mass is 16.2. The van der Waals surface area contributed by atoms with Crippen molar-refractivity contribution in [3.05, 3.63) is 0 Å². The zero-order chi connectivity index (χ0) is 13.8. The van der Waals surface area contributed by atoms with E-state index in [2.05, 4.69) is 22.9 Å². The van der Waals surface area contributed by atoms with Gasteiger partial charge < -0.3 is 10.6 Å². The Labute approximate surface area is 112 Å². The summed E-state index contributed by atoms with van der Waals surface area (Å²) in [4.78, 5) is 34.1. The number of nitrogens with one attached hydrogen (secondary N) is 3. The summed E-state index contributed by atoms with van der Waals surface area (Å²) in [7, 11) is 0. The van der Waals surface area contributed by atoms with E-state index in [1.165, 1.54) is 6.42 Å².